The summed E-state index contributed by atoms with van der Waals surface area (Å²) < 4.78 is 49.5. The van der Waals surface area contributed by atoms with E-state index in [1.807, 2.05) is 32.9 Å². The van der Waals surface area contributed by atoms with Gasteiger partial charge in [0.05, 0.1) is 34.8 Å². The molecule has 0 radical (unpaired) electrons. The Kier molecular flexibility index (Phi) is 8.11. The Hall–Kier alpha value is -2.12. The van der Waals surface area contributed by atoms with Crippen LogP contribution in [0.5, 0.6) is 0 Å². The monoisotopic (exact) mass is 451 g/mol. The third-order valence-electron chi connectivity index (χ3n) is 4.88. The SMILES string of the molecule is CCOC(=O)C[C@H](N[S@](=O)C(C)(C)C)c1cc(-c2c(C)cc(C)cc2C)cc(F)c1F. The molecule has 0 saturated heterocycles. The Balaban J connectivity index is 2.62. The number of rotatable bonds is 7. The summed E-state index contributed by atoms with van der Waals surface area (Å²) in [6.07, 6.45) is -0.276. The summed E-state index contributed by atoms with van der Waals surface area (Å²) in [5.41, 5.74) is 4.19. The van der Waals surface area contributed by atoms with E-state index in [4.69, 9.17) is 4.74 Å². The van der Waals surface area contributed by atoms with Crippen molar-refractivity contribution in [2.24, 2.45) is 0 Å². The van der Waals surface area contributed by atoms with Crippen LogP contribution in [0.4, 0.5) is 8.78 Å². The fourth-order valence-electron chi connectivity index (χ4n) is 3.55. The molecule has 170 valence electrons. The van der Waals surface area contributed by atoms with Gasteiger partial charge in [-0.15, -0.1) is 0 Å². The number of hydrogen-bond donors (Lipinski definition) is 1. The molecular weight excluding hydrogens is 420 g/mol. The quantitative estimate of drug-likeness (QED) is 0.557. The number of hydrogen-bond acceptors (Lipinski definition) is 3. The van der Waals surface area contributed by atoms with Crippen molar-refractivity contribution in [3.8, 4) is 11.1 Å². The Morgan fingerprint density at radius 3 is 2.19 bits per heavy atom. The van der Waals surface area contributed by atoms with Gasteiger partial charge in [0.15, 0.2) is 11.6 Å². The molecule has 0 fully saturated rings. The van der Waals surface area contributed by atoms with Gasteiger partial charge in [0, 0.05) is 5.56 Å². The lowest BCUT2D eigenvalue weighted by Crippen LogP contribution is -2.37. The molecule has 0 aliphatic carbocycles. The molecule has 0 aromatic heterocycles. The fraction of sp³-hybridized carbons (Fsp3) is 0.458. The molecular formula is C24H31F2NO3S. The molecule has 0 unspecified atom stereocenters. The first-order valence-corrected chi connectivity index (χ1v) is 11.4. The molecule has 0 amide bonds. The van der Waals surface area contributed by atoms with Crippen molar-refractivity contribution in [2.45, 2.75) is 65.7 Å². The third kappa shape index (κ3) is 6.20. The minimum atomic E-state index is -1.61. The van der Waals surface area contributed by atoms with Gasteiger partial charge in [0.2, 0.25) is 0 Å². The molecule has 0 saturated carbocycles. The van der Waals surface area contributed by atoms with Crippen molar-refractivity contribution in [3.05, 3.63) is 58.2 Å². The fourth-order valence-corrected chi connectivity index (χ4v) is 4.37. The van der Waals surface area contributed by atoms with Gasteiger partial charge in [0.25, 0.3) is 0 Å². The first-order chi connectivity index (χ1) is 14.3. The lowest BCUT2D eigenvalue weighted by Gasteiger charge is -2.25. The summed E-state index contributed by atoms with van der Waals surface area (Å²) in [5.74, 6) is -2.68. The zero-order valence-electron chi connectivity index (χ0n) is 19.2. The highest BCUT2D eigenvalue weighted by Crippen LogP contribution is 2.34. The standard InChI is InChI=1S/C24H31F2NO3S/c1-8-30-21(28)13-20(27-31(29)24(5,6)7)18-11-17(12-19(25)23(18)26)22-15(3)9-14(2)10-16(22)4/h9-12,20,27H,8,13H2,1-7H3/t20-,31+/m0/s1. The Labute approximate surface area is 186 Å². The number of ether oxygens (including phenoxy) is 1. The van der Waals surface area contributed by atoms with E-state index in [0.717, 1.165) is 28.3 Å². The first-order valence-electron chi connectivity index (χ1n) is 10.3. The second-order valence-electron chi connectivity index (χ2n) is 8.70. The van der Waals surface area contributed by atoms with Crippen LogP contribution in [0.3, 0.4) is 0 Å². The predicted molar refractivity (Wildman–Crippen MR) is 121 cm³/mol. The molecule has 2 rings (SSSR count). The van der Waals surface area contributed by atoms with Crippen molar-refractivity contribution < 1.29 is 22.5 Å². The summed E-state index contributed by atoms with van der Waals surface area (Å²) in [4.78, 5) is 12.2. The zero-order chi connectivity index (χ0) is 23.5. The highest BCUT2D eigenvalue weighted by atomic mass is 32.2. The van der Waals surface area contributed by atoms with Crippen LogP contribution in [-0.2, 0) is 20.5 Å². The minimum Gasteiger partial charge on any atom is -0.466 e. The van der Waals surface area contributed by atoms with Gasteiger partial charge < -0.3 is 4.74 Å². The van der Waals surface area contributed by atoms with Gasteiger partial charge in [-0.25, -0.2) is 17.7 Å². The van der Waals surface area contributed by atoms with Crippen LogP contribution in [0.2, 0.25) is 0 Å². The van der Waals surface area contributed by atoms with Gasteiger partial charge in [-0.1, -0.05) is 17.7 Å². The van der Waals surface area contributed by atoms with Gasteiger partial charge in [-0.05, 0) is 82.9 Å². The molecule has 0 heterocycles. The van der Waals surface area contributed by atoms with E-state index in [2.05, 4.69) is 4.72 Å². The van der Waals surface area contributed by atoms with Crippen molar-refractivity contribution in [1.29, 1.82) is 0 Å². The Morgan fingerprint density at radius 1 is 1.10 bits per heavy atom. The summed E-state index contributed by atoms with van der Waals surface area (Å²) in [5, 5.41) is 0. The van der Waals surface area contributed by atoms with Crippen molar-refractivity contribution in [1.82, 2.24) is 4.72 Å². The molecule has 0 bridgehead atoms. The maximum Gasteiger partial charge on any atom is 0.307 e. The lowest BCUT2D eigenvalue weighted by atomic mass is 9.91. The van der Waals surface area contributed by atoms with Gasteiger partial charge in [-0.2, -0.15) is 0 Å². The topological polar surface area (TPSA) is 55.4 Å². The number of halogens is 2. The first kappa shape index (κ1) is 25.1. The number of aryl methyl sites for hydroxylation is 3. The second-order valence-corrected chi connectivity index (χ2v) is 10.7. The van der Waals surface area contributed by atoms with E-state index in [-0.39, 0.29) is 18.6 Å². The van der Waals surface area contributed by atoms with Crippen LogP contribution >= 0.6 is 0 Å². The van der Waals surface area contributed by atoms with E-state index in [9.17, 15) is 17.8 Å². The average molecular weight is 452 g/mol. The van der Waals surface area contributed by atoms with E-state index >= 15 is 0 Å². The number of carbonyl (C=O) groups excluding carboxylic acids is 1. The highest BCUT2D eigenvalue weighted by molar-refractivity contribution is 7.84. The molecule has 0 aliphatic rings. The van der Waals surface area contributed by atoms with Crippen LogP contribution in [0.25, 0.3) is 11.1 Å². The second kappa shape index (κ2) is 10.0. The highest BCUT2D eigenvalue weighted by Gasteiger charge is 2.29. The van der Waals surface area contributed by atoms with E-state index < -0.39 is 39.4 Å². The van der Waals surface area contributed by atoms with Crippen molar-refractivity contribution in [3.63, 3.8) is 0 Å². The average Bonchev–Trinajstić information content (AvgIpc) is 2.62. The Bertz CT molecular complexity index is 976. The van der Waals surface area contributed by atoms with Crippen molar-refractivity contribution in [2.75, 3.05) is 6.61 Å². The minimum absolute atomic E-state index is 0.0555. The molecule has 0 aliphatic heterocycles. The van der Waals surface area contributed by atoms with E-state index in [1.54, 1.807) is 27.7 Å². The zero-order valence-corrected chi connectivity index (χ0v) is 20.0. The maximum absolute atomic E-state index is 14.9. The van der Waals surface area contributed by atoms with Crippen LogP contribution in [-0.4, -0.2) is 21.5 Å². The number of nitrogens with one attached hydrogen (secondary N) is 1. The molecule has 2 atom stereocenters. The van der Waals surface area contributed by atoms with Gasteiger partial charge in [0.1, 0.15) is 0 Å². The lowest BCUT2D eigenvalue weighted by molar-refractivity contribution is -0.143. The van der Waals surface area contributed by atoms with Gasteiger partial charge in [-0.3, -0.25) is 4.79 Å². The normalized spacial score (nSPS) is 13.7. The third-order valence-corrected chi connectivity index (χ3v) is 6.49. The van der Waals surface area contributed by atoms with Crippen molar-refractivity contribution >= 4 is 17.0 Å². The smallest absolute Gasteiger partial charge is 0.307 e. The van der Waals surface area contributed by atoms with Crippen LogP contribution in [0.1, 0.15) is 62.4 Å². The molecule has 31 heavy (non-hydrogen) atoms. The van der Waals surface area contributed by atoms with E-state index in [0.29, 0.717) is 5.56 Å². The van der Waals surface area contributed by atoms with Crippen LogP contribution in [0.15, 0.2) is 24.3 Å². The molecule has 7 heteroatoms. The largest absolute Gasteiger partial charge is 0.466 e. The molecule has 0 spiro atoms. The summed E-state index contributed by atoms with van der Waals surface area (Å²) >= 11 is 0. The molecule has 4 nitrogen and oxygen atoms in total. The molecule has 1 N–H and O–H groups in total. The predicted octanol–water partition coefficient (Wildman–Crippen LogP) is 5.60. The maximum atomic E-state index is 14.9. The van der Waals surface area contributed by atoms with Crippen LogP contribution < -0.4 is 4.72 Å². The summed E-state index contributed by atoms with van der Waals surface area (Å²) in [6, 6.07) is 5.63. The Morgan fingerprint density at radius 2 is 1.68 bits per heavy atom. The summed E-state index contributed by atoms with van der Waals surface area (Å²) in [6.45, 7) is 12.9. The van der Waals surface area contributed by atoms with E-state index in [1.165, 1.54) is 6.07 Å². The summed E-state index contributed by atoms with van der Waals surface area (Å²) in [7, 11) is -1.61. The number of esters is 1. The number of benzene rings is 2. The molecule has 2 aromatic rings. The van der Waals surface area contributed by atoms with Crippen LogP contribution in [0, 0.1) is 32.4 Å². The molecule has 2 aromatic carbocycles. The number of carbonyl (C=O) groups is 1. The van der Waals surface area contributed by atoms with Gasteiger partial charge >= 0.3 is 5.97 Å².